The lowest BCUT2D eigenvalue weighted by molar-refractivity contribution is -0.144. The van der Waals surface area contributed by atoms with Gasteiger partial charge >= 0.3 is 17.6 Å². The standard InChI is InChI=1S/C23H22N4O6/c1-13-12-26(15-3-5-19-16(11-15)18(28)6-9-32-19)7-8-27(13)22(30)21(29)24-14-2-4-17-20(10-14)33-23(31)25-17/h2-5,10-11,13H,6-9,12H2,1H3,(H,24,29)(H,25,31)/t13-/m1/s1. The predicted molar refractivity (Wildman–Crippen MR) is 120 cm³/mol. The van der Waals surface area contributed by atoms with E-state index in [9.17, 15) is 19.2 Å². The molecular weight excluding hydrogens is 428 g/mol. The Morgan fingerprint density at radius 2 is 1.97 bits per heavy atom. The van der Waals surface area contributed by atoms with Crippen LogP contribution >= 0.6 is 0 Å². The molecule has 3 heterocycles. The number of benzene rings is 2. The van der Waals surface area contributed by atoms with Gasteiger partial charge in [-0.2, -0.15) is 0 Å². The summed E-state index contributed by atoms with van der Waals surface area (Å²) in [6.45, 7) is 3.69. The third-order valence-electron chi connectivity index (χ3n) is 5.98. The average Bonchev–Trinajstić information content (AvgIpc) is 3.18. The first-order valence-corrected chi connectivity index (χ1v) is 10.7. The molecule has 2 aliphatic heterocycles. The van der Waals surface area contributed by atoms with Crippen molar-refractivity contribution < 1.29 is 23.5 Å². The summed E-state index contributed by atoms with van der Waals surface area (Å²) in [5.41, 5.74) is 2.62. The number of oxazole rings is 1. The van der Waals surface area contributed by atoms with E-state index in [1.54, 1.807) is 18.2 Å². The maximum atomic E-state index is 12.8. The van der Waals surface area contributed by atoms with Gasteiger partial charge in [-0.05, 0) is 37.3 Å². The van der Waals surface area contributed by atoms with Gasteiger partial charge in [0.1, 0.15) is 5.75 Å². The van der Waals surface area contributed by atoms with Crippen molar-refractivity contribution in [1.29, 1.82) is 0 Å². The molecule has 1 aromatic heterocycles. The molecule has 1 fully saturated rings. The van der Waals surface area contributed by atoms with E-state index in [0.29, 0.717) is 60.8 Å². The van der Waals surface area contributed by atoms with Crippen LogP contribution in [0.4, 0.5) is 11.4 Å². The molecule has 10 nitrogen and oxygen atoms in total. The Morgan fingerprint density at radius 1 is 1.12 bits per heavy atom. The number of hydrogen-bond donors (Lipinski definition) is 2. The molecule has 33 heavy (non-hydrogen) atoms. The summed E-state index contributed by atoms with van der Waals surface area (Å²) in [6.07, 6.45) is 0.368. The number of ketones is 1. The fraction of sp³-hybridized carbons (Fsp3) is 0.304. The zero-order valence-corrected chi connectivity index (χ0v) is 17.9. The first kappa shape index (κ1) is 20.8. The topological polar surface area (TPSA) is 125 Å². The fourth-order valence-corrected chi connectivity index (χ4v) is 4.28. The molecule has 0 spiro atoms. The Hall–Kier alpha value is -4.08. The second-order valence-electron chi connectivity index (χ2n) is 8.18. The van der Waals surface area contributed by atoms with Gasteiger partial charge in [0, 0.05) is 49.5 Å². The Labute approximate surface area is 188 Å². The van der Waals surface area contributed by atoms with Crippen LogP contribution in [0.15, 0.2) is 45.6 Å². The van der Waals surface area contributed by atoms with Crippen molar-refractivity contribution in [2.24, 2.45) is 0 Å². The van der Waals surface area contributed by atoms with E-state index in [1.807, 2.05) is 19.1 Å². The van der Waals surface area contributed by atoms with Crippen LogP contribution in [-0.2, 0) is 9.59 Å². The third-order valence-corrected chi connectivity index (χ3v) is 5.98. The largest absolute Gasteiger partial charge is 0.492 e. The van der Waals surface area contributed by atoms with E-state index in [2.05, 4.69) is 15.2 Å². The first-order chi connectivity index (χ1) is 15.9. The van der Waals surface area contributed by atoms with E-state index in [-0.39, 0.29) is 11.8 Å². The van der Waals surface area contributed by atoms with Crippen molar-refractivity contribution in [2.45, 2.75) is 19.4 Å². The van der Waals surface area contributed by atoms with Crippen molar-refractivity contribution in [3.63, 3.8) is 0 Å². The van der Waals surface area contributed by atoms with Crippen LogP contribution in [-0.4, -0.2) is 59.8 Å². The lowest BCUT2D eigenvalue weighted by Crippen LogP contribution is -2.56. The number of rotatable bonds is 2. The number of Topliss-reactive ketones (excluding diaryl/α,β-unsaturated/α-hetero) is 1. The highest BCUT2D eigenvalue weighted by atomic mass is 16.5. The molecule has 1 saturated heterocycles. The number of nitrogens with zero attached hydrogens (tertiary/aromatic N) is 2. The highest BCUT2D eigenvalue weighted by Gasteiger charge is 2.32. The van der Waals surface area contributed by atoms with Crippen LogP contribution in [0.3, 0.4) is 0 Å². The lowest BCUT2D eigenvalue weighted by Gasteiger charge is -2.40. The van der Waals surface area contributed by atoms with Gasteiger partial charge in [-0.25, -0.2) is 4.79 Å². The molecular formula is C23H22N4O6. The molecule has 2 aliphatic rings. The van der Waals surface area contributed by atoms with E-state index in [4.69, 9.17) is 9.15 Å². The number of H-pyrrole nitrogens is 1. The minimum absolute atomic E-state index is 0.0636. The van der Waals surface area contributed by atoms with Gasteiger partial charge in [0.05, 0.1) is 17.7 Å². The van der Waals surface area contributed by atoms with E-state index >= 15 is 0 Å². The summed E-state index contributed by atoms with van der Waals surface area (Å²) < 4.78 is 10.5. The lowest BCUT2D eigenvalue weighted by atomic mass is 10.0. The molecule has 0 bridgehead atoms. The molecule has 2 N–H and O–H groups in total. The quantitative estimate of drug-likeness (QED) is 0.570. The highest BCUT2D eigenvalue weighted by molar-refractivity contribution is 6.39. The number of piperazine rings is 1. The molecule has 0 aliphatic carbocycles. The Bertz CT molecular complexity index is 1330. The number of anilines is 2. The fourth-order valence-electron chi connectivity index (χ4n) is 4.28. The van der Waals surface area contributed by atoms with Gasteiger partial charge < -0.3 is 24.3 Å². The van der Waals surface area contributed by atoms with Gasteiger partial charge in [0.25, 0.3) is 0 Å². The van der Waals surface area contributed by atoms with Crippen molar-refractivity contribution >= 4 is 40.1 Å². The number of ether oxygens (including phenoxy) is 1. The third kappa shape index (κ3) is 3.95. The molecule has 170 valence electrons. The van der Waals surface area contributed by atoms with Crippen LogP contribution in [0, 0.1) is 0 Å². The number of amides is 2. The normalized spacial score (nSPS) is 18.1. The molecule has 0 unspecified atom stereocenters. The number of aromatic nitrogens is 1. The SMILES string of the molecule is C[C@@H]1CN(c2ccc3c(c2)C(=O)CCO3)CCN1C(=O)C(=O)Nc1ccc2[nH]c(=O)oc2c1. The molecule has 10 heteroatoms. The van der Waals surface area contributed by atoms with E-state index < -0.39 is 17.6 Å². The van der Waals surface area contributed by atoms with Crippen molar-refractivity contribution in [2.75, 3.05) is 36.5 Å². The van der Waals surface area contributed by atoms with Crippen LogP contribution in [0.2, 0.25) is 0 Å². The maximum Gasteiger partial charge on any atom is 0.417 e. The summed E-state index contributed by atoms with van der Waals surface area (Å²) in [4.78, 5) is 55.0. The summed E-state index contributed by atoms with van der Waals surface area (Å²) in [7, 11) is 0. The maximum absolute atomic E-state index is 12.8. The zero-order valence-electron chi connectivity index (χ0n) is 17.9. The van der Waals surface area contributed by atoms with Gasteiger partial charge in [-0.1, -0.05) is 0 Å². The molecule has 2 aromatic carbocycles. The molecule has 0 saturated carbocycles. The summed E-state index contributed by atoms with van der Waals surface area (Å²) in [5.74, 6) is -1.32. The second-order valence-corrected chi connectivity index (χ2v) is 8.18. The molecule has 3 aromatic rings. The minimum Gasteiger partial charge on any atom is -0.492 e. The number of fused-ring (bicyclic) bond motifs is 2. The minimum atomic E-state index is -0.760. The van der Waals surface area contributed by atoms with Crippen molar-refractivity contribution in [1.82, 2.24) is 9.88 Å². The number of carbonyl (C=O) groups is 3. The first-order valence-electron chi connectivity index (χ1n) is 10.7. The average molecular weight is 450 g/mol. The second kappa shape index (κ2) is 8.12. The predicted octanol–water partition coefficient (Wildman–Crippen LogP) is 1.76. The smallest absolute Gasteiger partial charge is 0.417 e. The summed E-state index contributed by atoms with van der Waals surface area (Å²) >= 11 is 0. The van der Waals surface area contributed by atoms with E-state index in [1.165, 1.54) is 11.0 Å². The highest BCUT2D eigenvalue weighted by Crippen LogP contribution is 2.30. The van der Waals surface area contributed by atoms with Crippen LogP contribution in [0.25, 0.3) is 11.1 Å². The van der Waals surface area contributed by atoms with E-state index in [0.717, 1.165) is 5.69 Å². The van der Waals surface area contributed by atoms with Crippen molar-refractivity contribution in [3.8, 4) is 5.75 Å². The Balaban J connectivity index is 1.25. The summed E-state index contributed by atoms with van der Waals surface area (Å²) in [5, 5.41) is 2.57. The molecule has 1 atom stereocenters. The number of aromatic amines is 1. The van der Waals surface area contributed by atoms with Crippen LogP contribution < -0.4 is 20.7 Å². The molecule has 2 amide bonds. The van der Waals surface area contributed by atoms with Gasteiger partial charge in [0.15, 0.2) is 11.4 Å². The van der Waals surface area contributed by atoms with Gasteiger partial charge in [0.2, 0.25) is 0 Å². The number of nitrogens with one attached hydrogen (secondary N) is 2. The van der Waals surface area contributed by atoms with Gasteiger partial charge in [-0.15, -0.1) is 0 Å². The van der Waals surface area contributed by atoms with Gasteiger partial charge in [-0.3, -0.25) is 19.4 Å². The zero-order chi connectivity index (χ0) is 23.1. The monoisotopic (exact) mass is 450 g/mol. The summed E-state index contributed by atoms with van der Waals surface area (Å²) in [6, 6.07) is 10.00. The van der Waals surface area contributed by atoms with Crippen LogP contribution in [0.1, 0.15) is 23.7 Å². The number of carbonyl (C=O) groups excluding carboxylic acids is 3. The number of hydrogen-bond acceptors (Lipinski definition) is 7. The molecule has 5 rings (SSSR count). The van der Waals surface area contributed by atoms with Crippen molar-refractivity contribution in [3.05, 3.63) is 52.5 Å². The molecule has 0 radical (unpaired) electrons. The van der Waals surface area contributed by atoms with Crippen LogP contribution in [0.5, 0.6) is 5.75 Å². The Morgan fingerprint density at radius 3 is 2.79 bits per heavy atom. The Kier molecular flexibility index (Phi) is 5.12.